The van der Waals surface area contributed by atoms with Gasteiger partial charge in [-0.15, -0.1) is 0 Å². The van der Waals surface area contributed by atoms with Crippen LogP contribution in [0.5, 0.6) is 0 Å². The molecule has 0 bridgehead atoms. The van der Waals surface area contributed by atoms with E-state index in [1.807, 2.05) is 49.6 Å². The van der Waals surface area contributed by atoms with Crippen molar-refractivity contribution in [3.63, 3.8) is 0 Å². The molecule has 0 aliphatic heterocycles. The third kappa shape index (κ3) is 6.11. The zero-order valence-electron chi connectivity index (χ0n) is 19.8. The van der Waals surface area contributed by atoms with Crippen LogP contribution in [0.2, 0.25) is 0 Å². The lowest BCUT2D eigenvalue weighted by atomic mass is 9.98. The summed E-state index contributed by atoms with van der Waals surface area (Å²) in [5, 5.41) is 11.7. The average molecular weight is 485 g/mol. The maximum atomic E-state index is 13.0. The molecule has 0 fully saturated rings. The van der Waals surface area contributed by atoms with Gasteiger partial charge >= 0.3 is 12.1 Å². The molecule has 7 nitrogen and oxygen atoms in total. The zero-order valence-corrected chi connectivity index (χ0v) is 20.6. The van der Waals surface area contributed by atoms with Crippen LogP contribution in [0.15, 0.2) is 48.5 Å². The number of hydrogen-bond acceptors (Lipinski definition) is 5. The van der Waals surface area contributed by atoms with Gasteiger partial charge in [0.25, 0.3) is 0 Å². The van der Waals surface area contributed by atoms with E-state index in [9.17, 15) is 14.4 Å². The number of carboxylic acids is 1. The molecule has 2 unspecified atom stereocenters. The van der Waals surface area contributed by atoms with Crippen LogP contribution in [0, 0.1) is 0 Å². The number of amides is 2. The van der Waals surface area contributed by atoms with Gasteiger partial charge < -0.3 is 20.1 Å². The second-order valence-corrected chi connectivity index (χ2v) is 9.52. The largest absolute Gasteiger partial charge is 0.481 e. The Bertz CT molecular complexity index is 982. The standard InChI is InChI=1S/C26H32N2O5S/c1-17(14-15-34-3)28(2)25(31)23(12-13-24(29)30)27-26(32)33-16-22-20-10-6-4-8-18(20)19-9-5-7-11-21(19)22/h4-11,17,22-23H,12-16H2,1-3H3,(H,27,32)(H,29,30). The molecule has 0 saturated heterocycles. The third-order valence-corrected chi connectivity index (χ3v) is 6.97. The number of alkyl carbamates (subject to hydrolysis) is 1. The van der Waals surface area contributed by atoms with Crippen LogP contribution >= 0.6 is 11.8 Å². The van der Waals surface area contributed by atoms with Gasteiger partial charge in [-0.1, -0.05) is 48.5 Å². The van der Waals surface area contributed by atoms with Crippen molar-refractivity contribution in [1.29, 1.82) is 0 Å². The van der Waals surface area contributed by atoms with Gasteiger partial charge in [-0.05, 0) is 54.0 Å². The summed E-state index contributed by atoms with van der Waals surface area (Å²) < 4.78 is 5.56. The molecule has 1 aliphatic rings. The molecular weight excluding hydrogens is 452 g/mol. The number of likely N-dealkylation sites (N-methyl/N-ethyl adjacent to an activating group) is 1. The summed E-state index contributed by atoms with van der Waals surface area (Å²) >= 11 is 1.70. The molecular formula is C26H32N2O5S. The Morgan fingerprint density at radius 2 is 1.65 bits per heavy atom. The summed E-state index contributed by atoms with van der Waals surface area (Å²) in [5.41, 5.74) is 4.44. The molecule has 2 N–H and O–H groups in total. The van der Waals surface area contributed by atoms with E-state index in [1.165, 1.54) is 0 Å². The Kier molecular flexibility index (Phi) is 8.98. The van der Waals surface area contributed by atoms with Crippen molar-refractivity contribution in [2.45, 2.75) is 44.2 Å². The van der Waals surface area contributed by atoms with Gasteiger partial charge in [0, 0.05) is 25.4 Å². The Morgan fingerprint density at radius 1 is 1.06 bits per heavy atom. The lowest BCUT2D eigenvalue weighted by molar-refractivity contribution is -0.138. The number of carbonyl (C=O) groups is 3. The molecule has 3 rings (SSSR count). The van der Waals surface area contributed by atoms with Crippen LogP contribution < -0.4 is 5.32 Å². The summed E-state index contributed by atoms with van der Waals surface area (Å²) in [6, 6.07) is 15.1. The minimum atomic E-state index is -1.02. The first-order chi connectivity index (χ1) is 16.3. The number of fused-ring (bicyclic) bond motifs is 3. The smallest absolute Gasteiger partial charge is 0.407 e. The molecule has 0 aromatic heterocycles. The SMILES string of the molecule is CSCCC(C)N(C)C(=O)C(CCC(=O)O)NC(=O)OCC1c2ccccc2-c2ccccc21. The van der Waals surface area contributed by atoms with Crippen molar-refractivity contribution in [1.82, 2.24) is 10.2 Å². The first-order valence-electron chi connectivity index (χ1n) is 11.4. The number of carboxylic acid groups (broad SMARTS) is 1. The second kappa shape index (κ2) is 11.9. The number of rotatable bonds is 11. The highest BCUT2D eigenvalue weighted by Gasteiger charge is 2.31. The van der Waals surface area contributed by atoms with Gasteiger partial charge in [-0.3, -0.25) is 9.59 Å². The fraction of sp³-hybridized carbons (Fsp3) is 0.423. The molecule has 1 aliphatic carbocycles. The van der Waals surface area contributed by atoms with Gasteiger partial charge in [0.15, 0.2) is 0 Å². The number of hydrogen-bond donors (Lipinski definition) is 2. The molecule has 34 heavy (non-hydrogen) atoms. The van der Waals surface area contributed by atoms with Crippen molar-refractivity contribution in [2.75, 3.05) is 25.7 Å². The Hall–Kier alpha value is -3.00. The number of thioether (sulfide) groups is 1. The predicted molar refractivity (Wildman–Crippen MR) is 134 cm³/mol. The van der Waals surface area contributed by atoms with Crippen molar-refractivity contribution < 1.29 is 24.2 Å². The van der Waals surface area contributed by atoms with Crippen LogP contribution in [0.3, 0.4) is 0 Å². The molecule has 0 radical (unpaired) electrons. The summed E-state index contributed by atoms with van der Waals surface area (Å²) in [7, 11) is 1.68. The van der Waals surface area contributed by atoms with Crippen LogP contribution in [0.1, 0.15) is 43.2 Å². The van der Waals surface area contributed by atoms with Crippen LogP contribution in [-0.4, -0.2) is 65.7 Å². The lowest BCUT2D eigenvalue weighted by Crippen LogP contribution is -2.50. The summed E-state index contributed by atoms with van der Waals surface area (Å²) in [6.45, 7) is 2.06. The van der Waals surface area contributed by atoms with Gasteiger partial charge in [-0.2, -0.15) is 11.8 Å². The van der Waals surface area contributed by atoms with Gasteiger partial charge in [0.2, 0.25) is 5.91 Å². The van der Waals surface area contributed by atoms with Crippen molar-refractivity contribution in [3.8, 4) is 11.1 Å². The van der Waals surface area contributed by atoms with E-state index in [1.54, 1.807) is 23.7 Å². The van der Waals surface area contributed by atoms with Crippen LogP contribution in [-0.2, 0) is 14.3 Å². The van der Waals surface area contributed by atoms with Crippen molar-refractivity contribution in [3.05, 3.63) is 59.7 Å². The quantitative estimate of drug-likeness (QED) is 0.492. The average Bonchev–Trinajstić information content (AvgIpc) is 3.16. The van der Waals surface area contributed by atoms with E-state index in [4.69, 9.17) is 9.84 Å². The highest BCUT2D eigenvalue weighted by Crippen LogP contribution is 2.44. The number of carbonyl (C=O) groups excluding carboxylic acids is 2. The van der Waals surface area contributed by atoms with Crippen LogP contribution in [0.4, 0.5) is 4.79 Å². The van der Waals surface area contributed by atoms with Crippen LogP contribution in [0.25, 0.3) is 11.1 Å². The molecule has 8 heteroatoms. The minimum absolute atomic E-state index is 0.00203. The molecule has 2 aromatic rings. The monoisotopic (exact) mass is 484 g/mol. The van der Waals surface area contributed by atoms with Crippen molar-refractivity contribution in [2.24, 2.45) is 0 Å². The molecule has 2 atom stereocenters. The molecule has 2 amide bonds. The molecule has 182 valence electrons. The maximum absolute atomic E-state index is 13.0. The Balaban J connectivity index is 1.66. The van der Waals surface area contributed by atoms with E-state index in [2.05, 4.69) is 17.4 Å². The van der Waals surface area contributed by atoms with E-state index >= 15 is 0 Å². The van der Waals surface area contributed by atoms with E-state index in [-0.39, 0.29) is 37.3 Å². The fourth-order valence-electron chi connectivity index (χ4n) is 4.25. The molecule has 2 aromatic carbocycles. The number of nitrogens with one attached hydrogen (secondary N) is 1. The van der Waals surface area contributed by atoms with Gasteiger partial charge in [-0.25, -0.2) is 4.79 Å². The second-order valence-electron chi connectivity index (χ2n) is 8.53. The number of nitrogens with zero attached hydrogens (tertiary/aromatic N) is 1. The third-order valence-electron chi connectivity index (χ3n) is 6.33. The summed E-state index contributed by atoms with van der Waals surface area (Å²) in [6.07, 6.45) is 1.85. The lowest BCUT2D eigenvalue weighted by Gasteiger charge is -2.29. The highest BCUT2D eigenvalue weighted by atomic mass is 32.2. The summed E-state index contributed by atoms with van der Waals surface area (Å²) in [5.74, 6) is -0.535. The first kappa shape index (κ1) is 25.6. The number of ether oxygens (including phenoxy) is 1. The number of benzene rings is 2. The van der Waals surface area contributed by atoms with Gasteiger partial charge in [0.05, 0.1) is 0 Å². The molecule has 0 spiro atoms. The first-order valence-corrected chi connectivity index (χ1v) is 12.8. The maximum Gasteiger partial charge on any atom is 0.407 e. The Morgan fingerprint density at radius 3 is 2.21 bits per heavy atom. The fourth-order valence-corrected chi connectivity index (χ4v) is 4.83. The molecule has 0 saturated carbocycles. The molecule has 0 heterocycles. The van der Waals surface area contributed by atoms with E-state index in [0.717, 1.165) is 34.4 Å². The topological polar surface area (TPSA) is 95.9 Å². The highest BCUT2D eigenvalue weighted by molar-refractivity contribution is 7.98. The summed E-state index contributed by atoms with van der Waals surface area (Å²) in [4.78, 5) is 38.4. The predicted octanol–water partition coefficient (Wildman–Crippen LogP) is 4.36. The number of aliphatic carboxylic acids is 1. The van der Waals surface area contributed by atoms with Gasteiger partial charge in [0.1, 0.15) is 12.6 Å². The van der Waals surface area contributed by atoms with E-state index < -0.39 is 18.1 Å². The zero-order chi connectivity index (χ0) is 24.7. The Labute approximate surface area is 204 Å². The van der Waals surface area contributed by atoms with E-state index in [0.29, 0.717) is 0 Å². The normalized spacial score (nSPS) is 14.0. The minimum Gasteiger partial charge on any atom is -0.481 e. The van der Waals surface area contributed by atoms with Crippen molar-refractivity contribution >= 4 is 29.7 Å².